The number of anilines is 2. The summed E-state index contributed by atoms with van der Waals surface area (Å²) in [4.78, 5) is 8.52. The molecule has 0 spiro atoms. The Balaban J connectivity index is 2.49. The Morgan fingerprint density at radius 2 is 2.24 bits per heavy atom. The van der Waals surface area contributed by atoms with Gasteiger partial charge in [0, 0.05) is 41.8 Å². The van der Waals surface area contributed by atoms with Crippen molar-refractivity contribution in [2.45, 2.75) is 26.2 Å². The second kappa shape index (κ2) is 7.21. The smallest absolute Gasteiger partial charge is 0.133 e. The third kappa shape index (κ3) is 5.63. The van der Waals surface area contributed by atoms with Gasteiger partial charge in [-0.1, -0.05) is 6.92 Å². The van der Waals surface area contributed by atoms with Crippen molar-refractivity contribution in [3.63, 3.8) is 0 Å². The van der Waals surface area contributed by atoms with E-state index in [1.165, 1.54) is 0 Å². The van der Waals surface area contributed by atoms with Gasteiger partial charge in [0.25, 0.3) is 0 Å². The van der Waals surface area contributed by atoms with Crippen LogP contribution in [0, 0.1) is 0 Å². The van der Waals surface area contributed by atoms with Crippen molar-refractivity contribution >= 4 is 22.4 Å². The van der Waals surface area contributed by atoms with Gasteiger partial charge >= 0.3 is 0 Å². The van der Waals surface area contributed by atoms with E-state index in [-0.39, 0.29) is 0 Å². The predicted molar refractivity (Wildman–Crippen MR) is 72.5 cm³/mol. The summed E-state index contributed by atoms with van der Waals surface area (Å²) in [5.41, 5.74) is 5.70. The van der Waals surface area contributed by atoms with Crippen LogP contribution in [-0.2, 0) is 17.2 Å². The summed E-state index contributed by atoms with van der Waals surface area (Å²) >= 11 is 0. The van der Waals surface area contributed by atoms with E-state index in [0.29, 0.717) is 11.6 Å². The van der Waals surface area contributed by atoms with E-state index in [4.69, 9.17) is 5.73 Å². The molecule has 0 aliphatic carbocycles. The molecule has 96 valence electrons. The van der Waals surface area contributed by atoms with E-state index in [1.807, 2.05) is 0 Å². The van der Waals surface area contributed by atoms with Crippen molar-refractivity contribution in [1.82, 2.24) is 9.97 Å². The van der Waals surface area contributed by atoms with Crippen LogP contribution in [0.5, 0.6) is 0 Å². The molecule has 5 nitrogen and oxygen atoms in total. The largest absolute Gasteiger partial charge is 0.384 e. The summed E-state index contributed by atoms with van der Waals surface area (Å²) in [5.74, 6) is 2.72. The molecular weight excluding hydrogens is 236 g/mol. The molecule has 1 rings (SSSR count). The first-order valence-electron chi connectivity index (χ1n) is 5.79. The van der Waals surface area contributed by atoms with Crippen LogP contribution >= 0.6 is 0 Å². The minimum absolute atomic E-state index is 0.491. The number of aromatic nitrogens is 2. The molecule has 17 heavy (non-hydrogen) atoms. The average molecular weight is 256 g/mol. The van der Waals surface area contributed by atoms with Crippen molar-refractivity contribution < 1.29 is 4.21 Å². The third-order valence-corrected chi connectivity index (χ3v) is 3.04. The molecule has 1 aromatic rings. The van der Waals surface area contributed by atoms with Gasteiger partial charge in [0.05, 0.1) is 0 Å². The summed E-state index contributed by atoms with van der Waals surface area (Å²) in [6, 6.07) is 1.72. The molecule has 0 saturated carbocycles. The number of hydrogen-bond acceptors (Lipinski definition) is 5. The molecular formula is C11H20N4OS. The van der Waals surface area contributed by atoms with E-state index in [2.05, 4.69) is 22.2 Å². The molecule has 0 aliphatic heterocycles. The van der Waals surface area contributed by atoms with Crippen LogP contribution in [0.15, 0.2) is 6.07 Å². The van der Waals surface area contributed by atoms with Crippen LogP contribution in [0.3, 0.4) is 0 Å². The summed E-state index contributed by atoms with van der Waals surface area (Å²) in [7, 11) is -0.733. The highest BCUT2D eigenvalue weighted by molar-refractivity contribution is 7.84. The number of nitrogens with zero attached hydrogens (tertiary/aromatic N) is 2. The van der Waals surface area contributed by atoms with Gasteiger partial charge in [0.15, 0.2) is 0 Å². The standard InChI is InChI=1S/C11H20N4OS/c1-3-5-10-14-9(12)8-11(15-10)13-6-4-7-17(2)16/h8H,3-7H2,1-2H3,(H3,12,13,14,15). The second-order valence-electron chi connectivity index (χ2n) is 3.90. The fourth-order valence-corrected chi connectivity index (χ4v) is 1.99. The molecule has 0 saturated heterocycles. The van der Waals surface area contributed by atoms with Crippen molar-refractivity contribution in [2.75, 3.05) is 29.6 Å². The van der Waals surface area contributed by atoms with E-state index in [1.54, 1.807) is 12.3 Å². The Hall–Kier alpha value is -1.17. The van der Waals surface area contributed by atoms with Crippen LogP contribution in [0.1, 0.15) is 25.6 Å². The maximum Gasteiger partial charge on any atom is 0.133 e. The van der Waals surface area contributed by atoms with Gasteiger partial charge in [-0.15, -0.1) is 0 Å². The first-order chi connectivity index (χ1) is 8.11. The number of rotatable bonds is 7. The number of nitrogens with two attached hydrogens (primary N) is 1. The fraction of sp³-hybridized carbons (Fsp3) is 0.636. The minimum Gasteiger partial charge on any atom is -0.384 e. The molecule has 0 aliphatic rings. The zero-order chi connectivity index (χ0) is 12.7. The molecule has 0 radical (unpaired) electrons. The number of hydrogen-bond donors (Lipinski definition) is 2. The van der Waals surface area contributed by atoms with E-state index < -0.39 is 10.8 Å². The average Bonchev–Trinajstić information content (AvgIpc) is 2.24. The maximum absolute atomic E-state index is 10.9. The Morgan fingerprint density at radius 1 is 1.47 bits per heavy atom. The number of aryl methyl sites for hydroxylation is 1. The molecule has 0 fully saturated rings. The van der Waals surface area contributed by atoms with Crippen molar-refractivity contribution in [3.8, 4) is 0 Å². The van der Waals surface area contributed by atoms with Crippen LogP contribution in [-0.4, -0.2) is 32.7 Å². The van der Waals surface area contributed by atoms with Gasteiger partial charge in [-0.3, -0.25) is 4.21 Å². The summed E-state index contributed by atoms with van der Waals surface area (Å²) < 4.78 is 10.9. The van der Waals surface area contributed by atoms with Gasteiger partial charge in [0.1, 0.15) is 17.5 Å². The Labute approximate surface area is 105 Å². The summed E-state index contributed by atoms with van der Waals surface area (Å²) in [5, 5.41) is 3.17. The second-order valence-corrected chi connectivity index (χ2v) is 5.46. The molecule has 3 N–H and O–H groups in total. The Kier molecular flexibility index (Phi) is 5.90. The normalized spacial score (nSPS) is 12.4. The predicted octanol–water partition coefficient (Wildman–Crippen LogP) is 1.19. The van der Waals surface area contributed by atoms with Gasteiger partial charge in [-0.25, -0.2) is 9.97 Å². The SMILES string of the molecule is CCCc1nc(N)cc(NCCCS(C)=O)n1. The highest BCUT2D eigenvalue weighted by Crippen LogP contribution is 2.09. The lowest BCUT2D eigenvalue weighted by Crippen LogP contribution is -2.09. The molecule has 6 heteroatoms. The molecule has 1 unspecified atom stereocenters. The lowest BCUT2D eigenvalue weighted by molar-refractivity contribution is 0.685. The highest BCUT2D eigenvalue weighted by Gasteiger charge is 2.01. The maximum atomic E-state index is 10.9. The van der Waals surface area contributed by atoms with Crippen molar-refractivity contribution in [3.05, 3.63) is 11.9 Å². The van der Waals surface area contributed by atoms with Gasteiger partial charge in [-0.2, -0.15) is 0 Å². The highest BCUT2D eigenvalue weighted by atomic mass is 32.2. The topological polar surface area (TPSA) is 80.9 Å². The fourth-order valence-electron chi connectivity index (χ4n) is 1.44. The van der Waals surface area contributed by atoms with Crippen LogP contribution in [0.25, 0.3) is 0 Å². The quantitative estimate of drug-likeness (QED) is 0.716. The first kappa shape index (κ1) is 13.9. The zero-order valence-corrected chi connectivity index (χ0v) is 11.2. The van der Waals surface area contributed by atoms with Gasteiger partial charge in [-0.05, 0) is 12.8 Å². The van der Waals surface area contributed by atoms with E-state index in [9.17, 15) is 4.21 Å². The van der Waals surface area contributed by atoms with E-state index >= 15 is 0 Å². The lowest BCUT2D eigenvalue weighted by Gasteiger charge is -2.07. The summed E-state index contributed by atoms with van der Waals surface area (Å²) in [6.07, 6.45) is 4.40. The molecule has 0 bridgehead atoms. The van der Waals surface area contributed by atoms with Crippen molar-refractivity contribution in [2.24, 2.45) is 0 Å². The van der Waals surface area contributed by atoms with Gasteiger partial charge < -0.3 is 11.1 Å². The first-order valence-corrected chi connectivity index (χ1v) is 7.52. The van der Waals surface area contributed by atoms with Crippen LogP contribution < -0.4 is 11.1 Å². The lowest BCUT2D eigenvalue weighted by atomic mass is 10.3. The molecule has 0 amide bonds. The molecule has 1 atom stereocenters. The zero-order valence-electron chi connectivity index (χ0n) is 10.4. The van der Waals surface area contributed by atoms with Gasteiger partial charge in [0.2, 0.25) is 0 Å². The van der Waals surface area contributed by atoms with E-state index in [0.717, 1.165) is 37.4 Å². The monoisotopic (exact) mass is 256 g/mol. The van der Waals surface area contributed by atoms with Crippen LogP contribution in [0.4, 0.5) is 11.6 Å². The van der Waals surface area contributed by atoms with Crippen molar-refractivity contribution in [1.29, 1.82) is 0 Å². The molecule has 1 aromatic heterocycles. The Bertz CT molecular complexity index is 384. The minimum atomic E-state index is -0.733. The molecule has 0 aromatic carbocycles. The number of nitrogens with one attached hydrogen (secondary N) is 1. The Morgan fingerprint density at radius 3 is 2.88 bits per heavy atom. The molecule has 1 heterocycles. The van der Waals surface area contributed by atoms with Crippen LogP contribution in [0.2, 0.25) is 0 Å². The number of nitrogen functional groups attached to an aromatic ring is 1. The summed E-state index contributed by atoms with van der Waals surface area (Å²) in [6.45, 7) is 2.83. The third-order valence-electron chi connectivity index (χ3n) is 2.18.